The zero-order chi connectivity index (χ0) is 11.6. The number of aromatic nitrogens is 2. The molecule has 2 heterocycles. The van der Waals surface area contributed by atoms with Gasteiger partial charge < -0.3 is 4.98 Å². The lowest BCUT2D eigenvalue weighted by atomic mass is 10.1. The van der Waals surface area contributed by atoms with Crippen molar-refractivity contribution < 1.29 is 8.42 Å². The number of hydrogen-bond donors (Lipinski definition) is 1. The Bertz CT molecular complexity index is 419. The molecule has 1 N–H and O–H groups in total. The van der Waals surface area contributed by atoms with Gasteiger partial charge in [0.05, 0.1) is 11.8 Å². The zero-order valence-electron chi connectivity index (χ0n) is 9.39. The summed E-state index contributed by atoms with van der Waals surface area (Å²) in [6.07, 6.45) is 6.34. The van der Waals surface area contributed by atoms with Gasteiger partial charge in [-0.3, -0.25) is 4.90 Å². The fraction of sp³-hybridized carbons (Fsp3) is 0.700. The summed E-state index contributed by atoms with van der Waals surface area (Å²) in [5.74, 6) is 0.942. The molecular formula is C10H17N3O2S. The molecule has 1 aromatic heterocycles. The number of imidazole rings is 1. The predicted molar refractivity (Wildman–Crippen MR) is 61.7 cm³/mol. The highest BCUT2D eigenvalue weighted by atomic mass is 32.2. The minimum atomic E-state index is -2.86. The highest BCUT2D eigenvalue weighted by Gasteiger charge is 2.26. The van der Waals surface area contributed by atoms with E-state index in [2.05, 4.69) is 14.9 Å². The Morgan fingerprint density at radius 2 is 2.19 bits per heavy atom. The first kappa shape index (κ1) is 11.6. The van der Waals surface area contributed by atoms with Gasteiger partial charge in [-0.05, 0) is 25.9 Å². The summed E-state index contributed by atoms with van der Waals surface area (Å²) >= 11 is 0. The molecule has 90 valence electrons. The molecule has 0 amide bonds. The molecular weight excluding hydrogens is 226 g/mol. The van der Waals surface area contributed by atoms with Crippen LogP contribution in [0.15, 0.2) is 12.4 Å². The first-order valence-electron chi connectivity index (χ1n) is 5.45. The number of piperidine rings is 1. The van der Waals surface area contributed by atoms with E-state index in [1.807, 2.05) is 0 Å². The van der Waals surface area contributed by atoms with Crippen LogP contribution in [0.25, 0.3) is 0 Å². The van der Waals surface area contributed by atoms with E-state index in [9.17, 15) is 8.42 Å². The molecule has 0 unspecified atom stereocenters. The van der Waals surface area contributed by atoms with E-state index in [1.165, 1.54) is 6.26 Å². The molecule has 1 aliphatic heterocycles. The summed E-state index contributed by atoms with van der Waals surface area (Å²) in [6, 6.07) is 0. The second kappa shape index (κ2) is 4.55. The van der Waals surface area contributed by atoms with Crippen LogP contribution in [0, 0.1) is 0 Å². The number of hydrogen-bond acceptors (Lipinski definition) is 4. The monoisotopic (exact) mass is 243 g/mol. The lowest BCUT2D eigenvalue weighted by molar-refractivity contribution is 0.218. The number of H-pyrrole nitrogens is 1. The van der Waals surface area contributed by atoms with E-state index in [-0.39, 0.29) is 5.25 Å². The maximum absolute atomic E-state index is 11.4. The van der Waals surface area contributed by atoms with Gasteiger partial charge in [-0.1, -0.05) is 0 Å². The molecule has 0 aromatic carbocycles. The van der Waals surface area contributed by atoms with Crippen LogP contribution in [0.5, 0.6) is 0 Å². The third kappa shape index (κ3) is 2.82. The largest absolute Gasteiger partial charge is 0.348 e. The van der Waals surface area contributed by atoms with Gasteiger partial charge in [0.2, 0.25) is 0 Å². The fourth-order valence-corrected chi connectivity index (χ4v) is 3.16. The molecule has 0 atom stereocenters. The molecule has 1 fully saturated rings. The lowest BCUT2D eigenvalue weighted by Crippen LogP contribution is -2.38. The minimum Gasteiger partial charge on any atom is -0.348 e. The predicted octanol–water partition coefficient (Wildman–Crippen LogP) is 0.419. The standard InChI is InChI=1S/C10H17N3O2S/c1-16(14,15)9-2-6-13(7-3-9)8-10-11-4-5-12-10/h4-5,9H,2-3,6-8H2,1H3,(H,11,12). The molecule has 0 radical (unpaired) electrons. The number of sulfone groups is 1. The van der Waals surface area contributed by atoms with E-state index in [4.69, 9.17) is 0 Å². The molecule has 1 saturated heterocycles. The number of likely N-dealkylation sites (tertiary alicyclic amines) is 1. The van der Waals surface area contributed by atoms with Gasteiger partial charge in [0.15, 0.2) is 0 Å². The zero-order valence-corrected chi connectivity index (χ0v) is 10.2. The first-order chi connectivity index (χ1) is 7.55. The van der Waals surface area contributed by atoms with Crippen molar-refractivity contribution >= 4 is 9.84 Å². The van der Waals surface area contributed by atoms with Crippen molar-refractivity contribution in [2.75, 3.05) is 19.3 Å². The third-order valence-corrected chi connectivity index (χ3v) is 4.75. The quantitative estimate of drug-likeness (QED) is 0.835. The summed E-state index contributed by atoms with van der Waals surface area (Å²) in [6.45, 7) is 2.44. The van der Waals surface area contributed by atoms with Crippen LogP contribution < -0.4 is 0 Å². The smallest absolute Gasteiger partial charge is 0.150 e. The van der Waals surface area contributed by atoms with Gasteiger partial charge in [-0.25, -0.2) is 13.4 Å². The SMILES string of the molecule is CS(=O)(=O)C1CCN(Cc2ncc[nH]2)CC1. The van der Waals surface area contributed by atoms with E-state index in [0.717, 1.165) is 38.3 Å². The lowest BCUT2D eigenvalue weighted by Gasteiger charge is -2.30. The fourth-order valence-electron chi connectivity index (χ4n) is 2.09. The summed E-state index contributed by atoms with van der Waals surface area (Å²) in [5.41, 5.74) is 0. The van der Waals surface area contributed by atoms with Crippen molar-refractivity contribution in [1.29, 1.82) is 0 Å². The number of nitrogens with zero attached hydrogens (tertiary/aromatic N) is 2. The molecule has 6 heteroatoms. The van der Waals surface area contributed by atoms with Crippen LogP contribution in [-0.4, -0.2) is 47.9 Å². The van der Waals surface area contributed by atoms with Gasteiger partial charge >= 0.3 is 0 Å². The van der Waals surface area contributed by atoms with Crippen molar-refractivity contribution in [3.8, 4) is 0 Å². The van der Waals surface area contributed by atoms with Gasteiger partial charge in [0.1, 0.15) is 15.7 Å². The maximum Gasteiger partial charge on any atom is 0.150 e. The third-order valence-electron chi connectivity index (χ3n) is 3.07. The van der Waals surface area contributed by atoms with Crippen LogP contribution in [0.2, 0.25) is 0 Å². The topological polar surface area (TPSA) is 66.1 Å². The Kier molecular flexibility index (Phi) is 3.30. The molecule has 5 nitrogen and oxygen atoms in total. The normalized spacial score (nSPS) is 20.1. The van der Waals surface area contributed by atoms with Crippen LogP contribution >= 0.6 is 0 Å². The average Bonchev–Trinajstić information content (AvgIpc) is 2.70. The maximum atomic E-state index is 11.4. The summed E-state index contributed by atoms with van der Waals surface area (Å²) in [7, 11) is -2.86. The Hall–Kier alpha value is -0.880. The van der Waals surface area contributed by atoms with Gasteiger partial charge in [-0.15, -0.1) is 0 Å². The molecule has 0 saturated carbocycles. The Balaban J connectivity index is 1.86. The van der Waals surface area contributed by atoms with Gasteiger partial charge in [0.25, 0.3) is 0 Å². The summed E-state index contributed by atoms with van der Waals surface area (Å²) in [5, 5.41) is -0.152. The molecule has 0 spiro atoms. The van der Waals surface area contributed by atoms with Crippen LogP contribution in [0.1, 0.15) is 18.7 Å². The molecule has 0 aliphatic carbocycles. The van der Waals surface area contributed by atoms with E-state index < -0.39 is 9.84 Å². The van der Waals surface area contributed by atoms with Gasteiger partial charge in [0, 0.05) is 18.6 Å². The number of aromatic amines is 1. The van der Waals surface area contributed by atoms with Crippen molar-refractivity contribution in [2.45, 2.75) is 24.6 Å². The van der Waals surface area contributed by atoms with Gasteiger partial charge in [-0.2, -0.15) is 0 Å². The van der Waals surface area contributed by atoms with Crippen LogP contribution in [-0.2, 0) is 16.4 Å². The molecule has 0 bridgehead atoms. The summed E-state index contributed by atoms with van der Waals surface area (Å²) < 4.78 is 22.7. The number of nitrogens with one attached hydrogen (secondary N) is 1. The summed E-state index contributed by atoms with van der Waals surface area (Å²) in [4.78, 5) is 9.45. The van der Waals surface area contributed by atoms with Crippen LogP contribution in [0.3, 0.4) is 0 Å². The highest BCUT2D eigenvalue weighted by molar-refractivity contribution is 7.91. The Labute approximate surface area is 95.8 Å². The minimum absolute atomic E-state index is 0.152. The molecule has 16 heavy (non-hydrogen) atoms. The second-order valence-corrected chi connectivity index (χ2v) is 6.67. The second-order valence-electron chi connectivity index (χ2n) is 4.34. The van der Waals surface area contributed by atoms with E-state index >= 15 is 0 Å². The molecule has 1 aliphatic rings. The first-order valence-corrected chi connectivity index (χ1v) is 7.40. The van der Waals surface area contributed by atoms with E-state index in [1.54, 1.807) is 12.4 Å². The Morgan fingerprint density at radius 3 is 2.69 bits per heavy atom. The molecule has 1 aromatic rings. The number of rotatable bonds is 3. The van der Waals surface area contributed by atoms with Crippen molar-refractivity contribution in [3.05, 3.63) is 18.2 Å². The van der Waals surface area contributed by atoms with E-state index in [0.29, 0.717) is 0 Å². The Morgan fingerprint density at radius 1 is 1.50 bits per heavy atom. The molecule has 2 rings (SSSR count). The van der Waals surface area contributed by atoms with Crippen molar-refractivity contribution in [3.63, 3.8) is 0 Å². The van der Waals surface area contributed by atoms with Crippen LogP contribution in [0.4, 0.5) is 0 Å². The average molecular weight is 243 g/mol. The van der Waals surface area contributed by atoms with Crippen molar-refractivity contribution in [1.82, 2.24) is 14.9 Å². The van der Waals surface area contributed by atoms with Crippen molar-refractivity contribution in [2.24, 2.45) is 0 Å². The highest BCUT2D eigenvalue weighted by Crippen LogP contribution is 2.17.